The first kappa shape index (κ1) is 10.9. The molecule has 3 nitrogen and oxygen atoms in total. The second kappa shape index (κ2) is 4.50. The lowest BCUT2D eigenvalue weighted by Gasteiger charge is -2.00. The number of phenolic OH excluding ortho intramolecular Hbond substituents is 3. The van der Waals surface area contributed by atoms with Crippen molar-refractivity contribution in [3.63, 3.8) is 0 Å². The molecule has 2 rings (SSSR count). The molecule has 0 aliphatic rings. The molecule has 3 heteroatoms. The van der Waals surface area contributed by atoms with Crippen molar-refractivity contribution >= 4 is 0 Å². The standard InChI is InChI=1S/C14H10O3/c15-12-8-11(9-13(16)14(12)17)7-6-10-4-2-1-3-5-10/h1-5,8-9,15-17H. The Balaban J connectivity index is 2.35. The summed E-state index contributed by atoms with van der Waals surface area (Å²) in [6.07, 6.45) is 0. The van der Waals surface area contributed by atoms with E-state index in [1.807, 2.05) is 30.3 Å². The molecule has 0 bridgehead atoms. The zero-order valence-corrected chi connectivity index (χ0v) is 8.88. The van der Waals surface area contributed by atoms with E-state index in [-0.39, 0.29) is 11.5 Å². The van der Waals surface area contributed by atoms with Crippen LogP contribution in [0.25, 0.3) is 0 Å². The number of benzene rings is 2. The maximum Gasteiger partial charge on any atom is 0.200 e. The number of phenols is 3. The molecule has 0 saturated heterocycles. The maximum absolute atomic E-state index is 9.30. The first-order chi connectivity index (χ1) is 8.16. The molecular weight excluding hydrogens is 216 g/mol. The van der Waals surface area contributed by atoms with E-state index in [4.69, 9.17) is 5.11 Å². The van der Waals surface area contributed by atoms with Gasteiger partial charge in [-0.25, -0.2) is 0 Å². The summed E-state index contributed by atoms with van der Waals surface area (Å²) in [7, 11) is 0. The Morgan fingerprint density at radius 1 is 0.706 bits per heavy atom. The first-order valence-electron chi connectivity index (χ1n) is 4.99. The van der Waals surface area contributed by atoms with Gasteiger partial charge < -0.3 is 15.3 Å². The Morgan fingerprint density at radius 2 is 1.24 bits per heavy atom. The third-order valence-electron chi connectivity index (χ3n) is 2.19. The minimum Gasteiger partial charge on any atom is -0.504 e. The Kier molecular flexibility index (Phi) is 2.89. The highest BCUT2D eigenvalue weighted by atomic mass is 16.3. The predicted molar refractivity (Wildman–Crippen MR) is 63.9 cm³/mol. The fourth-order valence-corrected chi connectivity index (χ4v) is 1.34. The van der Waals surface area contributed by atoms with Gasteiger partial charge in [-0.1, -0.05) is 30.0 Å². The van der Waals surface area contributed by atoms with Crippen LogP contribution in [-0.4, -0.2) is 15.3 Å². The van der Waals surface area contributed by atoms with Crippen LogP contribution < -0.4 is 0 Å². The Hall–Kier alpha value is -2.60. The number of aromatic hydroxyl groups is 3. The average Bonchev–Trinajstić information content (AvgIpc) is 2.34. The van der Waals surface area contributed by atoms with Crippen LogP contribution in [0.1, 0.15) is 11.1 Å². The van der Waals surface area contributed by atoms with Gasteiger partial charge in [0.1, 0.15) is 0 Å². The third kappa shape index (κ3) is 2.50. The third-order valence-corrected chi connectivity index (χ3v) is 2.19. The second-order valence-corrected chi connectivity index (χ2v) is 3.48. The zero-order valence-electron chi connectivity index (χ0n) is 8.88. The van der Waals surface area contributed by atoms with Gasteiger partial charge in [-0.05, 0) is 24.3 Å². The molecular formula is C14H10O3. The summed E-state index contributed by atoms with van der Waals surface area (Å²) >= 11 is 0. The van der Waals surface area contributed by atoms with Gasteiger partial charge in [-0.15, -0.1) is 0 Å². The summed E-state index contributed by atoms with van der Waals surface area (Å²) in [5.74, 6) is 4.36. The molecule has 0 spiro atoms. The highest BCUT2D eigenvalue weighted by Gasteiger charge is 2.06. The van der Waals surface area contributed by atoms with E-state index >= 15 is 0 Å². The minimum atomic E-state index is -0.532. The SMILES string of the molecule is Oc1cc(C#Cc2ccccc2)cc(O)c1O. The van der Waals surface area contributed by atoms with E-state index in [1.54, 1.807) is 0 Å². The van der Waals surface area contributed by atoms with Crippen molar-refractivity contribution in [1.82, 2.24) is 0 Å². The van der Waals surface area contributed by atoms with Crippen molar-refractivity contribution in [2.75, 3.05) is 0 Å². The van der Waals surface area contributed by atoms with Crippen LogP contribution in [0.4, 0.5) is 0 Å². The van der Waals surface area contributed by atoms with Gasteiger partial charge in [0.15, 0.2) is 17.2 Å². The Morgan fingerprint density at radius 3 is 1.82 bits per heavy atom. The molecule has 0 fully saturated rings. The van der Waals surface area contributed by atoms with Crippen molar-refractivity contribution in [2.24, 2.45) is 0 Å². The molecule has 0 saturated carbocycles. The van der Waals surface area contributed by atoms with Crippen LogP contribution in [0.5, 0.6) is 17.2 Å². The number of hydrogen-bond acceptors (Lipinski definition) is 3. The van der Waals surface area contributed by atoms with E-state index in [9.17, 15) is 10.2 Å². The average molecular weight is 226 g/mol. The molecule has 0 aliphatic heterocycles. The molecule has 3 N–H and O–H groups in total. The Labute approximate surface area is 98.6 Å². The lowest BCUT2D eigenvalue weighted by Crippen LogP contribution is -1.78. The van der Waals surface area contributed by atoms with E-state index in [1.165, 1.54) is 12.1 Å². The Bertz CT molecular complexity index is 569. The van der Waals surface area contributed by atoms with Crippen LogP contribution in [-0.2, 0) is 0 Å². The van der Waals surface area contributed by atoms with Gasteiger partial charge in [-0.2, -0.15) is 0 Å². The van der Waals surface area contributed by atoms with E-state index in [0.29, 0.717) is 5.56 Å². The van der Waals surface area contributed by atoms with Crippen LogP contribution in [0, 0.1) is 11.8 Å². The number of hydrogen-bond donors (Lipinski definition) is 3. The first-order valence-corrected chi connectivity index (χ1v) is 4.99. The topological polar surface area (TPSA) is 60.7 Å². The van der Waals surface area contributed by atoms with E-state index in [2.05, 4.69) is 11.8 Å². The van der Waals surface area contributed by atoms with Crippen molar-refractivity contribution in [3.8, 4) is 29.1 Å². The van der Waals surface area contributed by atoms with Gasteiger partial charge in [-0.3, -0.25) is 0 Å². The highest BCUT2D eigenvalue weighted by molar-refractivity contribution is 5.56. The molecule has 0 aromatic heterocycles. The summed E-state index contributed by atoms with van der Waals surface area (Å²) in [6, 6.07) is 11.9. The van der Waals surface area contributed by atoms with E-state index in [0.717, 1.165) is 5.56 Å². The molecule has 84 valence electrons. The summed E-state index contributed by atoms with van der Waals surface area (Å²) in [6.45, 7) is 0. The molecule has 2 aromatic carbocycles. The van der Waals surface area contributed by atoms with Gasteiger partial charge in [0.25, 0.3) is 0 Å². The summed E-state index contributed by atoms with van der Waals surface area (Å²) in [5, 5.41) is 27.8. The van der Waals surface area contributed by atoms with Crippen molar-refractivity contribution < 1.29 is 15.3 Å². The van der Waals surface area contributed by atoms with Gasteiger partial charge in [0.2, 0.25) is 0 Å². The van der Waals surface area contributed by atoms with Crippen LogP contribution >= 0.6 is 0 Å². The fourth-order valence-electron chi connectivity index (χ4n) is 1.34. The summed E-state index contributed by atoms with van der Waals surface area (Å²) in [5.41, 5.74) is 1.27. The van der Waals surface area contributed by atoms with Crippen LogP contribution in [0.15, 0.2) is 42.5 Å². The molecule has 2 aromatic rings. The van der Waals surface area contributed by atoms with Crippen LogP contribution in [0.2, 0.25) is 0 Å². The van der Waals surface area contributed by atoms with E-state index < -0.39 is 5.75 Å². The zero-order chi connectivity index (χ0) is 12.3. The second-order valence-electron chi connectivity index (χ2n) is 3.48. The van der Waals surface area contributed by atoms with Gasteiger partial charge >= 0.3 is 0 Å². The molecule has 0 heterocycles. The van der Waals surface area contributed by atoms with Gasteiger partial charge in [0.05, 0.1) is 0 Å². The lowest BCUT2D eigenvalue weighted by atomic mass is 10.1. The normalized spacial score (nSPS) is 9.41. The maximum atomic E-state index is 9.30. The monoisotopic (exact) mass is 226 g/mol. The largest absolute Gasteiger partial charge is 0.504 e. The number of rotatable bonds is 0. The lowest BCUT2D eigenvalue weighted by molar-refractivity contribution is 0.367. The quantitative estimate of drug-likeness (QED) is 0.476. The summed E-state index contributed by atoms with van der Waals surface area (Å²) in [4.78, 5) is 0. The van der Waals surface area contributed by atoms with Crippen molar-refractivity contribution in [1.29, 1.82) is 0 Å². The summed E-state index contributed by atoms with van der Waals surface area (Å²) < 4.78 is 0. The minimum absolute atomic E-state index is 0.387. The highest BCUT2D eigenvalue weighted by Crippen LogP contribution is 2.34. The van der Waals surface area contributed by atoms with Gasteiger partial charge in [0, 0.05) is 11.1 Å². The molecule has 17 heavy (non-hydrogen) atoms. The fraction of sp³-hybridized carbons (Fsp3) is 0. The predicted octanol–water partition coefficient (Wildman–Crippen LogP) is 2.20. The molecule has 0 radical (unpaired) electrons. The molecule has 0 unspecified atom stereocenters. The van der Waals surface area contributed by atoms with Crippen molar-refractivity contribution in [2.45, 2.75) is 0 Å². The smallest absolute Gasteiger partial charge is 0.200 e. The molecule has 0 aliphatic carbocycles. The van der Waals surface area contributed by atoms with Crippen molar-refractivity contribution in [3.05, 3.63) is 53.6 Å². The van der Waals surface area contributed by atoms with Crippen LogP contribution in [0.3, 0.4) is 0 Å². The molecule has 0 amide bonds. The molecule has 0 atom stereocenters.